The number of nitrogens with zero attached hydrogens (tertiary/aromatic N) is 2. The van der Waals surface area contributed by atoms with Crippen LogP contribution in [0.15, 0.2) is 4.99 Å². The maximum Gasteiger partial charge on any atom is 0.410 e. The van der Waals surface area contributed by atoms with Crippen molar-refractivity contribution < 1.29 is 19.1 Å². The van der Waals surface area contributed by atoms with Gasteiger partial charge in [0.2, 0.25) is 5.91 Å². The molecule has 0 saturated carbocycles. The Balaban J connectivity index is 2.47. The van der Waals surface area contributed by atoms with Gasteiger partial charge in [-0.05, 0) is 27.7 Å². The largest absolute Gasteiger partial charge is 0.444 e. The van der Waals surface area contributed by atoms with Crippen LogP contribution in [-0.2, 0) is 14.3 Å². The molecule has 1 atom stereocenters. The van der Waals surface area contributed by atoms with Crippen LogP contribution in [0.1, 0.15) is 27.7 Å². The summed E-state index contributed by atoms with van der Waals surface area (Å²) >= 11 is 0. The topological polar surface area (TPSA) is 92.3 Å². The third-order valence-electron chi connectivity index (χ3n) is 3.05. The number of ether oxygens (including phenoxy) is 2. The van der Waals surface area contributed by atoms with E-state index in [-0.39, 0.29) is 12.0 Å². The molecular formula is C15H28N4O4. The number of hydrogen-bond acceptors (Lipinski definition) is 6. The number of amidine groups is 1. The lowest BCUT2D eigenvalue weighted by molar-refractivity contribution is -0.122. The van der Waals surface area contributed by atoms with Gasteiger partial charge in [-0.1, -0.05) is 0 Å². The van der Waals surface area contributed by atoms with Gasteiger partial charge in [0.1, 0.15) is 17.5 Å². The minimum atomic E-state index is -0.534. The van der Waals surface area contributed by atoms with E-state index >= 15 is 0 Å². The summed E-state index contributed by atoms with van der Waals surface area (Å²) in [6.07, 6.45) is -0.371. The second-order valence-electron chi connectivity index (χ2n) is 6.38. The molecule has 1 heterocycles. The molecule has 1 unspecified atom stereocenters. The highest BCUT2D eigenvalue weighted by Gasteiger charge is 2.26. The summed E-state index contributed by atoms with van der Waals surface area (Å²) in [4.78, 5) is 29.9. The van der Waals surface area contributed by atoms with E-state index in [0.717, 1.165) is 0 Å². The van der Waals surface area contributed by atoms with Crippen LogP contribution in [0.4, 0.5) is 4.79 Å². The van der Waals surface area contributed by atoms with Gasteiger partial charge in [-0.25, -0.2) is 4.79 Å². The molecule has 0 aromatic heterocycles. The van der Waals surface area contributed by atoms with Crippen LogP contribution in [0.2, 0.25) is 0 Å². The maximum atomic E-state index is 12.1. The molecule has 0 aromatic carbocycles. The lowest BCUT2D eigenvalue weighted by Crippen LogP contribution is -2.52. The van der Waals surface area contributed by atoms with E-state index in [2.05, 4.69) is 15.6 Å². The van der Waals surface area contributed by atoms with Gasteiger partial charge in [0.05, 0.1) is 19.7 Å². The number of nitrogens with one attached hydrogen (secondary N) is 2. The van der Waals surface area contributed by atoms with Crippen LogP contribution in [-0.4, -0.2) is 74.3 Å². The van der Waals surface area contributed by atoms with Crippen molar-refractivity contribution >= 4 is 17.8 Å². The quantitative estimate of drug-likeness (QED) is 0.712. The Morgan fingerprint density at radius 2 is 2.09 bits per heavy atom. The Hall–Kier alpha value is -1.83. The fraction of sp³-hybridized carbons (Fsp3) is 0.800. The second kappa shape index (κ2) is 8.71. The molecule has 1 rings (SSSR count). The first-order valence-electron chi connectivity index (χ1n) is 7.77. The fourth-order valence-electron chi connectivity index (χ4n) is 1.93. The van der Waals surface area contributed by atoms with Crippen molar-refractivity contribution in [1.82, 2.24) is 15.5 Å². The minimum Gasteiger partial charge on any atom is -0.444 e. The first-order valence-corrected chi connectivity index (χ1v) is 7.77. The Bertz CT molecular complexity index is 445. The molecular weight excluding hydrogens is 300 g/mol. The van der Waals surface area contributed by atoms with Crippen molar-refractivity contribution in [2.24, 2.45) is 4.99 Å². The number of amides is 2. The summed E-state index contributed by atoms with van der Waals surface area (Å²) in [5.41, 5.74) is -0.534. The standard InChI is InChI=1S/C15H28N4O4/c1-11(13(20)17-7-9-22-5)18-12-10-19(8-6-16-12)14(21)23-15(2,3)4/h11H,6-10H2,1-5H3,(H,16,18)(H,17,20). The highest BCUT2D eigenvalue weighted by Crippen LogP contribution is 2.11. The molecule has 0 saturated heterocycles. The van der Waals surface area contributed by atoms with E-state index in [0.29, 0.717) is 38.6 Å². The summed E-state index contributed by atoms with van der Waals surface area (Å²) in [5.74, 6) is 0.468. The summed E-state index contributed by atoms with van der Waals surface area (Å²) < 4.78 is 10.2. The number of methoxy groups -OCH3 is 1. The number of aliphatic imine (C=N–C) groups is 1. The maximum absolute atomic E-state index is 12.1. The number of carbonyl (C=O) groups excluding carboxylic acids is 2. The SMILES string of the molecule is COCCNC(=O)C(C)NC1=NCCN(C(=O)OC(C)(C)C)C1. The molecule has 8 heteroatoms. The van der Waals surface area contributed by atoms with Crippen molar-refractivity contribution in [3.63, 3.8) is 0 Å². The average Bonchev–Trinajstić information content (AvgIpc) is 2.46. The van der Waals surface area contributed by atoms with Crippen LogP contribution >= 0.6 is 0 Å². The average molecular weight is 328 g/mol. The Labute approximate surface area is 137 Å². The van der Waals surface area contributed by atoms with Crippen LogP contribution in [0.5, 0.6) is 0 Å². The van der Waals surface area contributed by atoms with E-state index < -0.39 is 11.6 Å². The molecule has 0 bridgehead atoms. The first kappa shape index (κ1) is 19.2. The molecule has 8 nitrogen and oxygen atoms in total. The van der Waals surface area contributed by atoms with Gasteiger partial charge < -0.3 is 20.1 Å². The van der Waals surface area contributed by atoms with Crippen LogP contribution in [0, 0.1) is 0 Å². The minimum absolute atomic E-state index is 0.140. The highest BCUT2D eigenvalue weighted by molar-refractivity contribution is 5.92. The summed E-state index contributed by atoms with van der Waals surface area (Å²) in [5, 5.41) is 5.79. The molecule has 132 valence electrons. The van der Waals surface area contributed by atoms with Gasteiger partial charge >= 0.3 is 6.09 Å². The molecule has 0 spiro atoms. The molecule has 0 radical (unpaired) electrons. The monoisotopic (exact) mass is 328 g/mol. The van der Waals surface area contributed by atoms with E-state index in [1.54, 1.807) is 18.9 Å². The molecule has 2 N–H and O–H groups in total. The van der Waals surface area contributed by atoms with Crippen molar-refractivity contribution in [1.29, 1.82) is 0 Å². The van der Waals surface area contributed by atoms with Gasteiger partial charge in [-0.2, -0.15) is 0 Å². The van der Waals surface area contributed by atoms with Crippen molar-refractivity contribution in [2.45, 2.75) is 39.3 Å². The molecule has 0 fully saturated rings. The molecule has 2 amide bonds. The van der Waals surface area contributed by atoms with Crippen LogP contribution in [0.3, 0.4) is 0 Å². The van der Waals surface area contributed by atoms with E-state index in [9.17, 15) is 9.59 Å². The van der Waals surface area contributed by atoms with Crippen LogP contribution < -0.4 is 10.6 Å². The molecule has 23 heavy (non-hydrogen) atoms. The normalized spacial score (nSPS) is 16.4. The zero-order chi connectivity index (χ0) is 17.5. The lowest BCUT2D eigenvalue weighted by Gasteiger charge is -2.30. The van der Waals surface area contributed by atoms with Crippen molar-refractivity contribution in [3.8, 4) is 0 Å². The van der Waals surface area contributed by atoms with Gasteiger partial charge in [0.25, 0.3) is 0 Å². The zero-order valence-corrected chi connectivity index (χ0v) is 14.6. The predicted molar refractivity (Wildman–Crippen MR) is 87.6 cm³/mol. The van der Waals surface area contributed by atoms with Crippen molar-refractivity contribution in [3.05, 3.63) is 0 Å². The predicted octanol–water partition coefficient (Wildman–Crippen LogP) is 0.376. The van der Waals surface area contributed by atoms with Gasteiger partial charge in [0, 0.05) is 20.2 Å². The Morgan fingerprint density at radius 3 is 2.70 bits per heavy atom. The zero-order valence-electron chi connectivity index (χ0n) is 14.6. The van der Waals surface area contributed by atoms with E-state index in [1.165, 1.54) is 0 Å². The fourth-order valence-corrected chi connectivity index (χ4v) is 1.93. The van der Waals surface area contributed by atoms with Gasteiger partial charge in [0.15, 0.2) is 0 Å². The second-order valence-corrected chi connectivity index (χ2v) is 6.38. The van der Waals surface area contributed by atoms with E-state index in [4.69, 9.17) is 9.47 Å². The number of carbonyl (C=O) groups is 2. The van der Waals surface area contributed by atoms with E-state index in [1.807, 2.05) is 20.8 Å². The molecule has 1 aliphatic rings. The third kappa shape index (κ3) is 7.32. The van der Waals surface area contributed by atoms with Crippen molar-refractivity contribution in [2.75, 3.05) is 39.9 Å². The number of rotatable bonds is 5. The summed E-state index contributed by atoms with van der Waals surface area (Å²) in [7, 11) is 1.58. The Morgan fingerprint density at radius 1 is 1.39 bits per heavy atom. The van der Waals surface area contributed by atoms with Gasteiger partial charge in [-0.15, -0.1) is 0 Å². The molecule has 0 aliphatic carbocycles. The van der Waals surface area contributed by atoms with Crippen LogP contribution in [0.25, 0.3) is 0 Å². The number of hydrogen-bond donors (Lipinski definition) is 2. The highest BCUT2D eigenvalue weighted by atomic mass is 16.6. The summed E-state index contributed by atoms with van der Waals surface area (Å²) in [6.45, 7) is 9.46. The Kier molecular flexibility index (Phi) is 7.28. The molecule has 0 aromatic rings. The molecule has 1 aliphatic heterocycles. The van der Waals surface area contributed by atoms with Gasteiger partial charge in [-0.3, -0.25) is 14.7 Å². The smallest absolute Gasteiger partial charge is 0.410 e. The first-order chi connectivity index (χ1) is 10.7. The summed E-state index contributed by atoms with van der Waals surface area (Å²) in [6, 6.07) is -0.441. The lowest BCUT2D eigenvalue weighted by atomic mass is 10.2. The third-order valence-corrected chi connectivity index (χ3v) is 3.05.